The molecule has 0 aliphatic heterocycles. The molecule has 4 aromatic rings. The van der Waals surface area contributed by atoms with Crippen LogP contribution in [0.15, 0.2) is 79.0 Å². The highest BCUT2D eigenvalue weighted by Gasteiger charge is 2.15. The van der Waals surface area contributed by atoms with Gasteiger partial charge in [0.1, 0.15) is 0 Å². The maximum absolute atomic E-state index is 4.79. The zero-order valence-corrected chi connectivity index (χ0v) is 15.4. The summed E-state index contributed by atoms with van der Waals surface area (Å²) in [4.78, 5) is 4.79. The van der Waals surface area contributed by atoms with Crippen LogP contribution in [-0.2, 0) is 12.8 Å². The lowest BCUT2D eigenvalue weighted by Crippen LogP contribution is -1.97. The molecule has 4 rings (SSSR count). The van der Waals surface area contributed by atoms with E-state index in [9.17, 15) is 0 Å². The average Bonchev–Trinajstić information content (AvgIpc) is 2.73. The van der Waals surface area contributed by atoms with Gasteiger partial charge in [0.2, 0.25) is 0 Å². The molecule has 0 amide bonds. The lowest BCUT2D eigenvalue weighted by Gasteiger charge is -2.17. The molecule has 0 unspecified atom stereocenters. The van der Waals surface area contributed by atoms with Gasteiger partial charge in [-0.3, -0.25) is 4.98 Å². The third kappa shape index (κ3) is 2.90. The molecule has 0 fully saturated rings. The molecule has 26 heavy (non-hydrogen) atoms. The van der Waals surface area contributed by atoms with Crippen molar-refractivity contribution in [2.75, 3.05) is 0 Å². The van der Waals surface area contributed by atoms with Crippen molar-refractivity contribution in [3.8, 4) is 22.3 Å². The van der Waals surface area contributed by atoms with Crippen LogP contribution >= 0.6 is 0 Å². The van der Waals surface area contributed by atoms with Crippen molar-refractivity contribution in [1.82, 2.24) is 4.98 Å². The zero-order valence-electron chi connectivity index (χ0n) is 15.4. The van der Waals surface area contributed by atoms with Gasteiger partial charge in [-0.2, -0.15) is 0 Å². The minimum Gasteiger partial charge on any atom is -0.260 e. The minimum absolute atomic E-state index is 0.927. The van der Waals surface area contributed by atoms with E-state index in [4.69, 9.17) is 4.98 Å². The molecule has 0 aliphatic rings. The predicted octanol–water partition coefficient (Wildman–Crippen LogP) is 6.69. The van der Waals surface area contributed by atoms with Crippen LogP contribution in [0.5, 0.6) is 0 Å². The van der Waals surface area contributed by atoms with E-state index in [-0.39, 0.29) is 0 Å². The molecule has 1 heterocycles. The third-order valence-electron chi connectivity index (χ3n) is 5.05. The molecule has 1 nitrogen and oxygen atoms in total. The number of pyridine rings is 1. The Hall–Kier alpha value is -2.93. The van der Waals surface area contributed by atoms with E-state index >= 15 is 0 Å². The monoisotopic (exact) mass is 337 g/mol. The first-order chi connectivity index (χ1) is 12.8. The van der Waals surface area contributed by atoms with Gasteiger partial charge < -0.3 is 0 Å². The normalized spacial score (nSPS) is 11.0. The first-order valence-corrected chi connectivity index (χ1v) is 9.37. The molecule has 0 saturated heterocycles. The van der Waals surface area contributed by atoms with E-state index in [1.165, 1.54) is 38.6 Å². The van der Waals surface area contributed by atoms with Gasteiger partial charge in [0.25, 0.3) is 0 Å². The van der Waals surface area contributed by atoms with Gasteiger partial charge in [-0.05, 0) is 51.9 Å². The van der Waals surface area contributed by atoms with Crippen molar-refractivity contribution in [1.29, 1.82) is 0 Å². The summed E-state index contributed by atoms with van der Waals surface area (Å²) in [5, 5.41) is 2.56. The fraction of sp³-hybridized carbons (Fsp3) is 0.160. The first-order valence-electron chi connectivity index (χ1n) is 9.37. The molecule has 1 aromatic heterocycles. The highest BCUT2D eigenvalue weighted by molar-refractivity contribution is 6.04. The number of rotatable bonds is 4. The Morgan fingerprint density at radius 2 is 1.50 bits per heavy atom. The van der Waals surface area contributed by atoms with Gasteiger partial charge in [-0.1, -0.05) is 80.6 Å². The number of hydrogen-bond donors (Lipinski definition) is 0. The van der Waals surface area contributed by atoms with E-state index in [2.05, 4.69) is 86.6 Å². The van der Waals surface area contributed by atoms with E-state index in [0.717, 1.165) is 18.5 Å². The van der Waals surface area contributed by atoms with Crippen molar-refractivity contribution >= 4 is 10.8 Å². The van der Waals surface area contributed by atoms with Crippen LogP contribution in [0.4, 0.5) is 0 Å². The van der Waals surface area contributed by atoms with Crippen molar-refractivity contribution in [3.63, 3.8) is 0 Å². The maximum Gasteiger partial charge on any atom is 0.0479 e. The molecular weight excluding hydrogens is 314 g/mol. The van der Waals surface area contributed by atoms with Gasteiger partial charge in [-0.15, -0.1) is 0 Å². The summed E-state index contributed by atoms with van der Waals surface area (Å²) in [5.41, 5.74) is 7.53. The lowest BCUT2D eigenvalue weighted by molar-refractivity contribution is 1.01. The molecule has 128 valence electrons. The summed E-state index contributed by atoms with van der Waals surface area (Å²) in [5.74, 6) is 0. The van der Waals surface area contributed by atoms with Crippen molar-refractivity contribution in [3.05, 3.63) is 90.3 Å². The van der Waals surface area contributed by atoms with Crippen molar-refractivity contribution in [2.24, 2.45) is 0 Å². The minimum atomic E-state index is 0.927. The van der Waals surface area contributed by atoms with E-state index in [1.54, 1.807) is 0 Å². The van der Waals surface area contributed by atoms with Gasteiger partial charge in [0, 0.05) is 17.5 Å². The molecule has 0 radical (unpaired) electrons. The summed E-state index contributed by atoms with van der Waals surface area (Å²) >= 11 is 0. The Bertz CT molecular complexity index is 1050. The maximum atomic E-state index is 4.79. The van der Waals surface area contributed by atoms with Crippen LogP contribution in [0.1, 0.15) is 25.1 Å². The van der Waals surface area contributed by atoms with Crippen LogP contribution in [0.25, 0.3) is 33.0 Å². The Balaban J connectivity index is 2.11. The average molecular weight is 337 g/mol. The van der Waals surface area contributed by atoms with E-state index in [0.29, 0.717) is 0 Å². The number of aryl methyl sites for hydroxylation is 2. The van der Waals surface area contributed by atoms with Crippen molar-refractivity contribution in [2.45, 2.75) is 26.7 Å². The largest absolute Gasteiger partial charge is 0.260 e. The second-order valence-electron chi connectivity index (χ2n) is 6.62. The number of aromatic nitrogens is 1. The number of nitrogens with zero attached hydrogens (tertiary/aromatic N) is 1. The first kappa shape index (κ1) is 16.5. The molecular formula is C25H23N. The van der Waals surface area contributed by atoms with Crippen LogP contribution in [-0.4, -0.2) is 4.98 Å². The predicted molar refractivity (Wildman–Crippen MR) is 111 cm³/mol. The van der Waals surface area contributed by atoms with E-state index < -0.39 is 0 Å². The molecule has 0 aliphatic carbocycles. The van der Waals surface area contributed by atoms with Gasteiger partial charge in [0.15, 0.2) is 0 Å². The Morgan fingerprint density at radius 3 is 2.27 bits per heavy atom. The summed E-state index contributed by atoms with van der Waals surface area (Å²) in [6.45, 7) is 4.37. The highest BCUT2D eigenvalue weighted by atomic mass is 14.7. The lowest BCUT2D eigenvalue weighted by atomic mass is 9.88. The third-order valence-corrected chi connectivity index (χ3v) is 5.05. The molecule has 3 aromatic carbocycles. The molecule has 0 saturated carbocycles. The Morgan fingerprint density at radius 1 is 0.731 bits per heavy atom. The second-order valence-corrected chi connectivity index (χ2v) is 6.62. The number of fused-ring (bicyclic) bond motifs is 1. The Kier molecular flexibility index (Phi) is 4.53. The highest BCUT2D eigenvalue weighted by Crippen LogP contribution is 2.39. The van der Waals surface area contributed by atoms with Crippen molar-refractivity contribution < 1.29 is 0 Å². The number of hydrogen-bond acceptors (Lipinski definition) is 1. The standard InChI is InChI=1S/C25H23N/c1-3-18-16-23(24(4-2)26-17-18)25-21-13-9-8-12-20(21)14-15-22(25)19-10-6-5-7-11-19/h5-17H,3-4H2,1-2H3. The quantitative estimate of drug-likeness (QED) is 0.404. The van der Waals surface area contributed by atoms with Crippen LogP contribution in [0.3, 0.4) is 0 Å². The topological polar surface area (TPSA) is 12.9 Å². The fourth-order valence-electron chi connectivity index (χ4n) is 3.65. The molecule has 0 bridgehead atoms. The summed E-state index contributed by atoms with van der Waals surface area (Å²) in [7, 11) is 0. The van der Waals surface area contributed by atoms with Crippen LogP contribution in [0, 0.1) is 0 Å². The molecule has 0 atom stereocenters. The Labute approximate surface area is 155 Å². The van der Waals surface area contributed by atoms with Gasteiger partial charge >= 0.3 is 0 Å². The zero-order chi connectivity index (χ0) is 17.9. The number of benzene rings is 3. The van der Waals surface area contributed by atoms with Gasteiger partial charge in [0.05, 0.1) is 0 Å². The van der Waals surface area contributed by atoms with Gasteiger partial charge in [-0.25, -0.2) is 0 Å². The SMILES string of the molecule is CCc1cnc(CC)c(-c2c(-c3ccccc3)ccc3ccccc23)c1. The fourth-order valence-corrected chi connectivity index (χ4v) is 3.65. The summed E-state index contributed by atoms with van der Waals surface area (Å²) in [6.07, 6.45) is 3.95. The second kappa shape index (κ2) is 7.13. The molecule has 0 N–H and O–H groups in total. The summed E-state index contributed by atoms with van der Waals surface area (Å²) < 4.78 is 0. The van der Waals surface area contributed by atoms with E-state index in [1.807, 2.05) is 6.20 Å². The van der Waals surface area contributed by atoms with Crippen LogP contribution in [0.2, 0.25) is 0 Å². The molecule has 0 spiro atoms. The molecule has 1 heteroatoms. The smallest absolute Gasteiger partial charge is 0.0479 e. The summed E-state index contributed by atoms with van der Waals surface area (Å²) in [6, 6.07) is 26.1. The van der Waals surface area contributed by atoms with Crippen LogP contribution < -0.4 is 0 Å².